The van der Waals surface area contributed by atoms with Crippen LogP contribution < -0.4 is 0 Å². The lowest BCUT2D eigenvalue weighted by Gasteiger charge is -2.10. The van der Waals surface area contributed by atoms with Crippen molar-refractivity contribution in [3.05, 3.63) is 43.6 Å². The second-order valence-corrected chi connectivity index (χ2v) is 7.70. The maximum absolute atomic E-state index is 13.9. The highest BCUT2D eigenvalue weighted by atomic mass is 35.5. The lowest BCUT2D eigenvalue weighted by Crippen LogP contribution is -2.13. The van der Waals surface area contributed by atoms with Crippen LogP contribution in [-0.2, 0) is 16.1 Å². The molecule has 0 saturated heterocycles. The van der Waals surface area contributed by atoms with Crippen LogP contribution in [0.3, 0.4) is 0 Å². The molecule has 0 aromatic heterocycles. The van der Waals surface area contributed by atoms with Crippen molar-refractivity contribution >= 4 is 52.4 Å². The smallest absolute Gasteiger partial charge is 0.310 e. The SMILES string of the molecule is CC1(C)C(C=C(Cl)Cl)C1C(=O)OCc1c(F)c(Cl)c(F)c(Cl)c1F. The minimum absolute atomic E-state index is 0.0116. The molecule has 1 aliphatic carbocycles. The molecule has 2 unspecified atom stereocenters. The first-order chi connectivity index (χ1) is 11.0. The van der Waals surface area contributed by atoms with Gasteiger partial charge in [-0.1, -0.05) is 60.3 Å². The lowest BCUT2D eigenvalue weighted by atomic mass is 10.1. The van der Waals surface area contributed by atoms with E-state index in [1.165, 1.54) is 6.08 Å². The highest BCUT2D eigenvalue weighted by molar-refractivity contribution is 6.55. The predicted octanol–water partition coefficient (Wildman–Crippen LogP) is 6.05. The number of benzene rings is 1. The van der Waals surface area contributed by atoms with Crippen LogP contribution in [-0.4, -0.2) is 5.97 Å². The van der Waals surface area contributed by atoms with E-state index in [0.29, 0.717) is 0 Å². The Hall–Kier alpha value is -0.620. The molecule has 1 aliphatic rings. The Bertz CT molecular complexity index is 701. The molecule has 2 rings (SSSR count). The third kappa shape index (κ3) is 3.50. The second-order valence-electron chi connectivity index (χ2n) is 5.94. The zero-order chi connectivity index (χ0) is 18.4. The number of carbonyl (C=O) groups is 1. The summed E-state index contributed by atoms with van der Waals surface area (Å²) in [6.45, 7) is 2.82. The molecule has 0 N–H and O–H groups in total. The van der Waals surface area contributed by atoms with Gasteiger partial charge in [-0.3, -0.25) is 4.79 Å². The molecular weight excluding hydrogens is 411 g/mol. The predicted molar refractivity (Wildman–Crippen MR) is 86.7 cm³/mol. The fourth-order valence-corrected chi connectivity index (χ4v) is 3.32. The van der Waals surface area contributed by atoms with E-state index in [0.717, 1.165) is 0 Å². The first-order valence-electron chi connectivity index (χ1n) is 6.69. The molecule has 0 amide bonds. The quantitative estimate of drug-likeness (QED) is 0.336. The Morgan fingerprint density at radius 2 is 1.62 bits per heavy atom. The van der Waals surface area contributed by atoms with E-state index >= 15 is 0 Å². The molecule has 9 heteroatoms. The molecule has 1 saturated carbocycles. The second kappa shape index (κ2) is 6.94. The molecule has 0 heterocycles. The molecule has 132 valence electrons. The van der Waals surface area contributed by atoms with Crippen LogP contribution in [0, 0.1) is 34.7 Å². The summed E-state index contributed by atoms with van der Waals surface area (Å²) in [4.78, 5) is 12.1. The van der Waals surface area contributed by atoms with E-state index in [-0.39, 0.29) is 10.4 Å². The van der Waals surface area contributed by atoms with Gasteiger partial charge in [0.15, 0.2) is 17.5 Å². The van der Waals surface area contributed by atoms with Gasteiger partial charge in [-0.15, -0.1) is 0 Å². The van der Waals surface area contributed by atoms with Crippen molar-refractivity contribution < 1.29 is 22.7 Å². The van der Waals surface area contributed by atoms with E-state index in [4.69, 9.17) is 51.1 Å². The standard InChI is InChI=1S/C15H11Cl4F3O2/c1-15(2)6(3-7(16)17)8(15)14(23)24-4-5-11(20)9(18)13(22)10(19)12(5)21/h3,6,8H,4H2,1-2H3. The van der Waals surface area contributed by atoms with E-state index < -0.39 is 57.0 Å². The Kier molecular flexibility index (Phi) is 5.70. The maximum atomic E-state index is 13.9. The summed E-state index contributed by atoms with van der Waals surface area (Å²) >= 11 is 22.0. The van der Waals surface area contributed by atoms with Gasteiger partial charge in [0.25, 0.3) is 0 Å². The van der Waals surface area contributed by atoms with Crippen molar-refractivity contribution in [1.82, 2.24) is 0 Å². The molecule has 2 atom stereocenters. The lowest BCUT2D eigenvalue weighted by molar-refractivity contribution is -0.147. The largest absolute Gasteiger partial charge is 0.460 e. The summed E-state index contributed by atoms with van der Waals surface area (Å²) in [5, 5.41) is -1.93. The van der Waals surface area contributed by atoms with Gasteiger partial charge in [-0.05, 0) is 17.4 Å². The number of carbonyl (C=O) groups excluding carboxylic acids is 1. The Morgan fingerprint density at radius 1 is 1.12 bits per heavy atom. The molecule has 24 heavy (non-hydrogen) atoms. The van der Waals surface area contributed by atoms with Gasteiger partial charge in [-0.25, -0.2) is 13.2 Å². The summed E-state index contributed by atoms with van der Waals surface area (Å²) in [6, 6.07) is 0. The fraction of sp³-hybridized carbons (Fsp3) is 0.400. The Labute approximate surface area is 156 Å². The molecule has 0 bridgehead atoms. The number of rotatable bonds is 4. The van der Waals surface area contributed by atoms with Crippen LogP contribution >= 0.6 is 46.4 Å². The van der Waals surface area contributed by atoms with Crippen LogP contribution in [0.25, 0.3) is 0 Å². The monoisotopic (exact) mass is 420 g/mol. The van der Waals surface area contributed by atoms with E-state index in [1.54, 1.807) is 13.8 Å². The van der Waals surface area contributed by atoms with Crippen molar-refractivity contribution in [2.24, 2.45) is 17.3 Å². The van der Waals surface area contributed by atoms with Crippen LogP contribution in [0.4, 0.5) is 13.2 Å². The number of hydrogen-bond donors (Lipinski definition) is 0. The molecule has 2 nitrogen and oxygen atoms in total. The van der Waals surface area contributed by atoms with Crippen LogP contribution in [0.1, 0.15) is 19.4 Å². The highest BCUT2D eigenvalue weighted by Crippen LogP contribution is 2.60. The number of halogens is 7. The summed E-state index contributed by atoms with van der Waals surface area (Å²) in [5.74, 6) is -5.65. The minimum atomic E-state index is -1.41. The van der Waals surface area contributed by atoms with E-state index in [9.17, 15) is 18.0 Å². The van der Waals surface area contributed by atoms with Crippen LogP contribution in [0.5, 0.6) is 0 Å². The van der Waals surface area contributed by atoms with Gasteiger partial charge in [-0.2, -0.15) is 0 Å². The van der Waals surface area contributed by atoms with Gasteiger partial charge in [0, 0.05) is 0 Å². The van der Waals surface area contributed by atoms with Crippen LogP contribution in [0.2, 0.25) is 10.0 Å². The third-order valence-electron chi connectivity index (χ3n) is 4.13. The molecular formula is C15H11Cl4F3O2. The van der Waals surface area contributed by atoms with Gasteiger partial charge >= 0.3 is 5.97 Å². The number of ether oxygens (including phenoxy) is 1. The van der Waals surface area contributed by atoms with Gasteiger partial charge < -0.3 is 4.74 Å². The van der Waals surface area contributed by atoms with Gasteiger partial charge in [0.1, 0.15) is 21.1 Å². The van der Waals surface area contributed by atoms with Crippen molar-refractivity contribution in [1.29, 1.82) is 0 Å². The molecule has 0 spiro atoms. The zero-order valence-corrected chi connectivity index (χ0v) is 15.4. The summed E-state index contributed by atoms with van der Waals surface area (Å²) in [7, 11) is 0. The van der Waals surface area contributed by atoms with Crippen molar-refractivity contribution in [2.45, 2.75) is 20.5 Å². The molecule has 0 aliphatic heterocycles. The van der Waals surface area contributed by atoms with E-state index in [1.807, 2.05) is 0 Å². The van der Waals surface area contributed by atoms with E-state index in [2.05, 4.69) is 0 Å². The third-order valence-corrected chi connectivity index (χ3v) is 5.05. The Morgan fingerprint density at radius 3 is 2.08 bits per heavy atom. The molecule has 1 aromatic carbocycles. The van der Waals surface area contributed by atoms with Gasteiger partial charge in [0.05, 0.1) is 11.5 Å². The zero-order valence-electron chi connectivity index (χ0n) is 12.4. The first-order valence-corrected chi connectivity index (χ1v) is 8.21. The van der Waals surface area contributed by atoms with Crippen molar-refractivity contribution in [3.8, 4) is 0 Å². The number of esters is 1. The van der Waals surface area contributed by atoms with Gasteiger partial charge in [0.2, 0.25) is 0 Å². The fourth-order valence-electron chi connectivity index (χ4n) is 2.58. The molecule has 0 radical (unpaired) electrons. The summed E-state index contributed by atoms with van der Waals surface area (Å²) in [5.41, 5.74) is -1.18. The summed E-state index contributed by atoms with van der Waals surface area (Å²) < 4.78 is 46.0. The first kappa shape index (κ1) is 19.7. The molecule has 1 aromatic rings. The average Bonchev–Trinajstić information content (AvgIpc) is 3.02. The molecule has 1 fully saturated rings. The maximum Gasteiger partial charge on any atom is 0.310 e. The minimum Gasteiger partial charge on any atom is -0.460 e. The topological polar surface area (TPSA) is 26.3 Å². The summed E-state index contributed by atoms with van der Waals surface area (Å²) in [6.07, 6.45) is 1.50. The number of allylic oxidation sites excluding steroid dienone is 1. The Balaban J connectivity index is 2.16. The van der Waals surface area contributed by atoms with Crippen molar-refractivity contribution in [2.75, 3.05) is 0 Å². The number of hydrogen-bond acceptors (Lipinski definition) is 2. The normalized spacial score (nSPS) is 21.4. The van der Waals surface area contributed by atoms with Crippen LogP contribution in [0.15, 0.2) is 10.6 Å². The average molecular weight is 422 g/mol. The van der Waals surface area contributed by atoms with Crippen molar-refractivity contribution in [3.63, 3.8) is 0 Å². The highest BCUT2D eigenvalue weighted by Gasteiger charge is 2.61.